The van der Waals surface area contributed by atoms with Gasteiger partial charge in [0.15, 0.2) is 5.82 Å². The van der Waals surface area contributed by atoms with E-state index < -0.39 is 0 Å². The summed E-state index contributed by atoms with van der Waals surface area (Å²) in [5.74, 6) is -0.311. The molecule has 2 N–H and O–H groups in total. The Labute approximate surface area is 75.1 Å². The highest BCUT2D eigenvalue weighted by atomic mass is 19.1. The molecule has 0 aliphatic carbocycles. The lowest BCUT2D eigenvalue weighted by Crippen LogP contribution is -2.02. The van der Waals surface area contributed by atoms with E-state index in [1.165, 1.54) is 0 Å². The van der Waals surface area contributed by atoms with Gasteiger partial charge in [0.2, 0.25) is 0 Å². The van der Waals surface area contributed by atoms with Gasteiger partial charge in [0, 0.05) is 0 Å². The summed E-state index contributed by atoms with van der Waals surface area (Å²) in [4.78, 5) is 0. The van der Waals surface area contributed by atoms with Crippen molar-refractivity contribution in [3.8, 4) is 0 Å². The van der Waals surface area contributed by atoms with Crippen molar-refractivity contribution >= 4 is 11.0 Å². The molecule has 2 rings (SSSR count). The lowest BCUT2D eigenvalue weighted by molar-refractivity contribution is 0.556. The highest BCUT2D eigenvalue weighted by molar-refractivity contribution is 5.80. The first kappa shape index (κ1) is 8.26. The van der Waals surface area contributed by atoms with E-state index in [9.17, 15) is 4.39 Å². The Balaban J connectivity index is 2.63. The Kier molecular flexibility index (Phi) is 2.02. The summed E-state index contributed by atoms with van der Waals surface area (Å²) < 4.78 is 18.1. The molecule has 0 aliphatic rings. The van der Waals surface area contributed by atoms with Crippen LogP contribution in [0.2, 0.25) is 0 Å². The summed E-state index contributed by atoms with van der Waals surface area (Å²) >= 11 is 0. The molecule has 1 heterocycles. The van der Waals surface area contributed by atoms with Gasteiger partial charge in [-0.25, -0.2) is 4.39 Å². The van der Waals surface area contributed by atoms with Gasteiger partial charge in [-0.1, -0.05) is 12.1 Å². The average molecular weight is 179 g/mol. The Morgan fingerprint density at radius 2 is 2.23 bits per heavy atom. The molecule has 0 spiro atoms. The Hall–Kier alpha value is -1.35. The molecule has 1 aromatic carbocycles. The monoisotopic (exact) mass is 179 g/mol. The van der Waals surface area contributed by atoms with E-state index in [1.54, 1.807) is 6.07 Å². The molecule has 0 bridgehead atoms. The predicted molar refractivity (Wildman–Crippen MR) is 48.9 cm³/mol. The minimum atomic E-state index is -0.311. The molecule has 0 fully saturated rings. The summed E-state index contributed by atoms with van der Waals surface area (Å²) in [6.45, 7) is 0.543. The van der Waals surface area contributed by atoms with Crippen LogP contribution in [0.3, 0.4) is 0 Å². The number of benzene rings is 1. The van der Waals surface area contributed by atoms with Gasteiger partial charge in [-0.2, -0.15) is 0 Å². The molecule has 3 heteroatoms. The van der Waals surface area contributed by atoms with E-state index in [0.29, 0.717) is 23.9 Å². The van der Waals surface area contributed by atoms with E-state index in [0.717, 1.165) is 11.8 Å². The Morgan fingerprint density at radius 1 is 1.38 bits per heavy atom. The van der Waals surface area contributed by atoms with Gasteiger partial charge in [-0.15, -0.1) is 0 Å². The number of para-hydroxylation sites is 1. The Morgan fingerprint density at radius 3 is 3.00 bits per heavy atom. The lowest BCUT2D eigenvalue weighted by Gasteiger charge is -1.98. The van der Waals surface area contributed by atoms with Crippen LogP contribution in [0.4, 0.5) is 4.39 Å². The molecular weight excluding hydrogens is 169 g/mol. The zero-order chi connectivity index (χ0) is 9.26. The maximum Gasteiger partial charge on any atom is 0.169 e. The molecule has 0 saturated heterocycles. The van der Waals surface area contributed by atoms with Crippen molar-refractivity contribution in [2.24, 2.45) is 5.73 Å². The standard InChI is InChI=1S/C10H10FNO/c11-9-6-13-10-7(4-5-12)2-1-3-8(9)10/h1-3,6H,4-5,12H2. The number of hydrogen-bond acceptors (Lipinski definition) is 2. The maximum absolute atomic E-state index is 13.0. The van der Waals surface area contributed by atoms with Crippen LogP contribution in [0, 0.1) is 5.82 Å². The molecule has 68 valence electrons. The van der Waals surface area contributed by atoms with Crippen LogP contribution in [0.1, 0.15) is 5.56 Å². The molecule has 2 aromatic rings. The first-order chi connectivity index (χ1) is 6.33. The molecule has 13 heavy (non-hydrogen) atoms. The van der Waals surface area contributed by atoms with Crippen LogP contribution in [0.25, 0.3) is 11.0 Å². The maximum atomic E-state index is 13.0. The fraction of sp³-hybridized carbons (Fsp3) is 0.200. The van der Waals surface area contributed by atoms with Gasteiger partial charge in [0.1, 0.15) is 11.8 Å². The lowest BCUT2D eigenvalue weighted by atomic mass is 10.1. The Bertz CT molecular complexity index is 422. The summed E-state index contributed by atoms with van der Waals surface area (Å²) in [7, 11) is 0. The van der Waals surface area contributed by atoms with Crippen molar-refractivity contribution in [1.29, 1.82) is 0 Å². The second-order valence-corrected chi connectivity index (χ2v) is 2.92. The number of furan rings is 1. The van der Waals surface area contributed by atoms with Crippen molar-refractivity contribution < 1.29 is 8.81 Å². The SMILES string of the molecule is NCCc1cccc2c(F)coc12. The second-order valence-electron chi connectivity index (χ2n) is 2.92. The second kappa shape index (κ2) is 3.18. The fourth-order valence-electron chi connectivity index (χ4n) is 1.44. The zero-order valence-electron chi connectivity index (χ0n) is 7.09. The van der Waals surface area contributed by atoms with Gasteiger partial charge in [-0.3, -0.25) is 0 Å². The van der Waals surface area contributed by atoms with Gasteiger partial charge in [-0.05, 0) is 24.6 Å². The molecule has 1 aromatic heterocycles. The third kappa shape index (κ3) is 1.31. The summed E-state index contributed by atoms with van der Waals surface area (Å²) in [6, 6.07) is 5.41. The molecule has 0 aliphatic heterocycles. The van der Waals surface area contributed by atoms with Crippen molar-refractivity contribution in [1.82, 2.24) is 0 Å². The zero-order valence-corrected chi connectivity index (χ0v) is 7.09. The van der Waals surface area contributed by atoms with Crippen molar-refractivity contribution in [2.75, 3.05) is 6.54 Å². The number of halogens is 1. The fourth-order valence-corrected chi connectivity index (χ4v) is 1.44. The third-order valence-corrected chi connectivity index (χ3v) is 2.05. The van der Waals surface area contributed by atoms with Crippen LogP contribution in [-0.4, -0.2) is 6.54 Å². The molecule has 0 amide bonds. The predicted octanol–water partition coefficient (Wildman–Crippen LogP) is 2.07. The van der Waals surface area contributed by atoms with Crippen LogP contribution in [0.5, 0.6) is 0 Å². The van der Waals surface area contributed by atoms with E-state index in [1.807, 2.05) is 12.1 Å². The van der Waals surface area contributed by atoms with Crippen molar-refractivity contribution in [3.63, 3.8) is 0 Å². The van der Waals surface area contributed by atoms with E-state index in [-0.39, 0.29) is 5.82 Å². The highest BCUT2D eigenvalue weighted by Crippen LogP contribution is 2.23. The van der Waals surface area contributed by atoms with Crippen molar-refractivity contribution in [3.05, 3.63) is 35.8 Å². The minimum absolute atomic E-state index is 0.311. The first-order valence-corrected chi connectivity index (χ1v) is 4.17. The quantitative estimate of drug-likeness (QED) is 0.766. The van der Waals surface area contributed by atoms with E-state index >= 15 is 0 Å². The molecule has 0 saturated carbocycles. The topological polar surface area (TPSA) is 39.2 Å². The normalized spacial score (nSPS) is 10.9. The third-order valence-electron chi connectivity index (χ3n) is 2.05. The highest BCUT2D eigenvalue weighted by Gasteiger charge is 2.07. The minimum Gasteiger partial charge on any atom is -0.461 e. The summed E-state index contributed by atoms with van der Waals surface area (Å²) in [5, 5.41) is 0.533. The van der Waals surface area contributed by atoms with Crippen LogP contribution in [0.15, 0.2) is 28.9 Å². The van der Waals surface area contributed by atoms with Crippen molar-refractivity contribution in [2.45, 2.75) is 6.42 Å². The number of hydrogen-bond donors (Lipinski definition) is 1. The smallest absolute Gasteiger partial charge is 0.169 e. The molecule has 0 unspecified atom stereocenters. The van der Waals surface area contributed by atoms with Crippen LogP contribution in [-0.2, 0) is 6.42 Å². The molecule has 0 radical (unpaired) electrons. The van der Waals surface area contributed by atoms with Gasteiger partial charge >= 0.3 is 0 Å². The average Bonchev–Trinajstić information content (AvgIpc) is 2.50. The van der Waals surface area contributed by atoms with Gasteiger partial charge < -0.3 is 10.2 Å². The number of fused-ring (bicyclic) bond motifs is 1. The molecule has 0 atom stereocenters. The summed E-state index contributed by atoms with van der Waals surface area (Å²) in [6.07, 6.45) is 1.84. The van der Waals surface area contributed by atoms with Crippen LogP contribution < -0.4 is 5.73 Å². The van der Waals surface area contributed by atoms with Gasteiger partial charge in [0.25, 0.3) is 0 Å². The number of nitrogens with two attached hydrogens (primary N) is 1. The number of rotatable bonds is 2. The summed E-state index contributed by atoms with van der Waals surface area (Å²) in [5.41, 5.74) is 7.00. The molecule has 2 nitrogen and oxygen atoms in total. The van der Waals surface area contributed by atoms with Crippen LogP contribution >= 0.6 is 0 Å². The van der Waals surface area contributed by atoms with E-state index in [4.69, 9.17) is 10.2 Å². The van der Waals surface area contributed by atoms with E-state index in [2.05, 4.69) is 0 Å². The van der Waals surface area contributed by atoms with Gasteiger partial charge in [0.05, 0.1) is 5.39 Å². The largest absolute Gasteiger partial charge is 0.461 e. The molecular formula is C10H10FNO. The first-order valence-electron chi connectivity index (χ1n) is 4.17.